The molecule has 30 heavy (non-hydrogen) atoms. The molecule has 0 aliphatic carbocycles. The van der Waals surface area contributed by atoms with E-state index in [-0.39, 0.29) is 11.8 Å². The van der Waals surface area contributed by atoms with Crippen molar-refractivity contribution in [1.29, 1.82) is 0 Å². The van der Waals surface area contributed by atoms with Crippen LogP contribution in [0.25, 0.3) is 16.9 Å². The lowest BCUT2D eigenvalue weighted by atomic mass is 10.2. The van der Waals surface area contributed by atoms with Gasteiger partial charge in [-0.25, -0.2) is 14.5 Å². The molecule has 4 heterocycles. The average molecular weight is 403 g/mol. The first-order chi connectivity index (χ1) is 14.7. The maximum atomic E-state index is 11.3. The van der Waals surface area contributed by atoms with E-state index < -0.39 is 5.91 Å². The van der Waals surface area contributed by atoms with Crippen LogP contribution >= 0.6 is 0 Å². The first kappa shape index (κ1) is 18.3. The third kappa shape index (κ3) is 3.50. The summed E-state index contributed by atoms with van der Waals surface area (Å²) in [5, 5.41) is 7.83. The summed E-state index contributed by atoms with van der Waals surface area (Å²) < 4.78 is 6.90. The van der Waals surface area contributed by atoms with Crippen LogP contribution in [-0.2, 0) is 6.54 Å². The Labute approximate surface area is 172 Å². The molecule has 1 aliphatic rings. The van der Waals surface area contributed by atoms with E-state index in [1.807, 2.05) is 6.07 Å². The number of rotatable bonds is 6. The van der Waals surface area contributed by atoms with Crippen molar-refractivity contribution >= 4 is 17.4 Å². The van der Waals surface area contributed by atoms with E-state index in [0.717, 1.165) is 26.1 Å². The molecule has 5 rings (SSSR count). The van der Waals surface area contributed by atoms with Gasteiger partial charge in [-0.15, -0.1) is 0 Å². The molecule has 0 bridgehead atoms. The predicted octanol–water partition coefficient (Wildman–Crippen LogP) is 2.17. The number of carbonyl (C=O) groups excluding carboxylic acids is 1. The number of likely N-dealkylation sites (tertiary alicyclic amines) is 1. The van der Waals surface area contributed by atoms with Gasteiger partial charge in [0.25, 0.3) is 5.91 Å². The number of anilines is 1. The molecule has 1 aliphatic heterocycles. The lowest BCUT2D eigenvalue weighted by Crippen LogP contribution is -2.26. The number of fused-ring (bicyclic) bond motifs is 1. The number of nitrogens with zero attached hydrogens (tertiary/aromatic N) is 5. The smallest absolute Gasteiger partial charge is 0.284 e. The van der Waals surface area contributed by atoms with Crippen molar-refractivity contribution in [3.8, 4) is 11.3 Å². The summed E-state index contributed by atoms with van der Waals surface area (Å²) in [6.07, 6.45) is 5.66. The third-order valence-electron chi connectivity index (χ3n) is 5.30. The van der Waals surface area contributed by atoms with Gasteiger partial charge in [-0.2, -0.15) is 5.10 Å². The maximum absolute atomic E-state index is 11.3. The largest absolute Gasteiger partial charge is 0.458 e. The van der Waals surface area contributed by atoms with Crippen LogP contribution in [0.1, 0.15) is 22.5 Å². The van der Waals surface area contributed by atoms with Gasteiger partial charge in [0.15, 0.2) is 17.2 Å². The molecule has 1 saturated heterocycles. The molecule has 1 atom stereocenters. The van der Waals surface area contributed by atoms with Gasteiger partial charge >= 0.3 is 0 Å². The Balaban J connectivity index is 1.33. The Hall–Kier alpha value is -3.72. The van der Waals surface area contributed by atoms with Crippen LogP contribution in [0.5, 0.6) is 0 Å². The summed E-state index contributed by atoms with van der Waals surface area (Å²) in [7, 11) is 0. The number of aromatic nitrogens is 4. The topological polar surface area (TPSA) is 115 Å². The molecule has 4 aromatic rings. The lowest BCUT2D eigenvalue weighted by Gasteiger charge is -2.17. The Morgan fingerprint density at radius 1 is 1.27 bits per heavy atom. The van der Waals surface area contributed by atoms with Crippen LogP contribution < -0.4 is 11.1 Å². The van der Waals surface area contributed by atoms with E-state index in [2.05, 4.69) is 49.5 Å². The number of hydrogen-bond donors (Lipinski definition) is 2. The zero-order valence-electron chi connectivity index (χ0n) is 16.2. The second-order valence-corrected chi connectivity index (χ2v) is 7.40. The van der Waals surface area contributed by atoms with E-state index >= 15 is 0 Å². The standard InChI is InChI=1S/C21H21N7O2/c22-19(29)18-8-15(12-30-18)17-9-23-20(21-24-13-25-28(17)21)26-16-6-7-27(11-16)10-14-4-2-1-3-5-14/h1-5,8-9,12-13,16H,6-7,10-11H2,(H2,22,29)(H,23,26). The molecule has 9 heteroatoms. The first-order valence-electron chi connectivity index (χ1n) is 9.77. The van der Waals surface area contributed by atoms with Gasteiger partial charge in [-0.05, 0) is 18.1 Å². The SMILES string of the molecule is NC(=O)c1cc(-c2cnc(NC3CCN(Cc4ccccc4)C3)c3ncnn23)co1. The quantitative estimate of drug-likeness (QED) is 0.507. The number of carbonyl (C=O) groups is 1. The fourth-order valence-electron chi connectivity index (χ4n) is 3.84. The second kappa shape index (κ2) is 7.60. The molecule has 1 unspecified atom stereocenters. The van der Waals surface area contributed by atoms with Crippen LogP contribution in [-0.4, -0.2) is 49.5 Å². The highest BCUT2D eigenvalue weighted by Gasteiger charge is 2.24. The van der Waals surface area contributed by atoms with Crippen molar-refractivity contribution in [1.82, 2.24) is 24.5 Å². The molecule has 0 radical (unpaired) electrons. The van der Waals surface area contributed by atoms with E-state index in [0.29, 0.717) is 22.7 Å². The molecule has 9 nitrogen and oxygen atoms in total. The summed E-state index contributed by atoms with van der Waals surface area (Å²) in [5.41, 5.74) is 8.54. The van der Waals surface area contributed by atoms with Gasteiger partial charge < -0.3 is 15.5 Å². The van der Waals surface area contributed by atoms with Gasteiger partial charge in [-0.3, -0.25) is 9.69 Å². The number of amides is 1. The highest BCUT2D eigenvalue weighted by molar-refractivity contribution is 5.91. The number of primary amides is 1. The minimum Gasteiger partial charge on any atom is -0.458 e. The summed E-state index contributed by atoms with van der Waals surface area (Å²) in [4.78, 5) is 22.7. The van der Waals surface area contributed by atoms with Crippen molar-refractivity contribution < 1.29 is 9.21 Å². The molecule has 152 valence electrons. The Morgan fingerprint density at radius 3 is 2.93 bits per heavy atom. The molecule has 3 aromatic heterocycles. The molecule has 3 N–H and O–H groups in total. The molecular formula is C21H21N7O2. The van der Waals surface area contributed by atoms with E-state index in [1.54, 1.807) is 16.8 Å². The average Bonchev–Trinajstić information content (AvgIpc) is 3.50. The number of nitrogens with two attached hydrogens (primary N) is 1. The molecule has 1 aromatic carbocycles. The third-order valence-corrected chi connectivity index (χ3v) is 5.30. The Bertz CT molecular complexity index is 1180. The monoisotopic (exact) mass is 403 g/mol. The maximum Gasteiger partial charge on any atom is 0.284 e. The number of nitrogens with one attached hydrogen (secondary N) is 1. The van der Waals surface area contributed by atoms with Gasteiger partial charge in [0.1, 0.15) is 12.6 Å². The number of benzene rings is 1. The minimum atomic E-state index is -0.622. The number of furan rings is 1. The van der Waals surface area contributed by atoms with Crippen molar-refractivity contribution in [2.75, 3.05) is 18.4 Å². The van der Waals surface area contributed by atoms with Crippen molar-refractivity contribution in [2.45, 2.75) is 19.0 Å². The molecule has 1 amide bonds. The molecule has 0 saturated carbocycles. The summed E-state index contributed by atoms with van der Waals surface area (Å²) >= 11 is 0. The van der Waals surface area contributed by atoms with E-state index in [9.17, 15) is 4.79 Å². The van der Waals surface area contributed by atoms with E-state index in [4.69, 9.17) is 10.2 Å². The van der Waals surface area contributed by atoms with Gasteiger partial charge in [-0.1, -0.05) is 30.3 Å². The van der Waals surface area contributed by atoms with Gasteiger partial charge in [0.05, 0.1) is 11.9 Å². The van der Waals surface area contributed by atoms with Crippen LogP contribution in [0.3, 0.4) is 0 Å². The Kier molecular flexibility index (Phi) is 4.64. The first-order valence-corrected chi connectivity index (χ1v) is 9.77. The van der Waals surface area contributed by atoms with Crippen LogP contribution in [0.2, 0.25) is 0 Å². The van der Waals surface area contributed by atoms with Crippen molar-refractivity contribution in [3.05, 3.63) is 66.5 Å². The van der Waals surface area contributed by atoms with Crippen molar-refractivity contribution in [3.63, 3.8) is 0 Å². The summed E-state index contributed by atoms with van der Waals surface area (Å²) in [6.45, 7) is 2.90. The lowest BCUT2D eigenvalue weighted by molar-refractivity contribution is 0.0974. The van der Waals surface area contributed by atoms with Crippen molar-refractivity contribution in [2.24, 2.45) is 5.73 Å². The Morgan fingerprint density at radius 2 is 2.13 bits per heavy atom. The highest BCUT2D eigenvalue weighted by Crippen LogP contribution is 2.25. The molecule has 1 fully saturated rings. The zero-order chi connectivity index (χ0) is 20.5. The molecule has 0 spiro atoms. The summed E-state index contributed by atoms with van der Waals surface area (Å²) in [6, 6.07) is 12.3. The minimum absolute atomic E-state index is 0.0879. The predicted molar refractivity (Wildman–Crippen MR) is 111 cm³/mol. The highest BCUT2D eigenvalue weighted by atomic mass is 16.3. The van der Waals surface area contributed by atoms with Crippen LogP contribution in [0, 0.1) is 0 Å². The van der Waals surface area contributed by atoms with Crippen LogP contribution in [0.4, 0.5) is 5.82 Å². The fraction of sp³-hybridized carbons (Fsp3) is 0.238. The fourth-order valence-corrected chi connectivity index (χ4v) is 3.84. The van der Waals surface area contributed by atoms with Crippen LogP contribution in [0.15, 0.2) is 59.6 Å². The zero-order valence-corrected chi connectivity index (χ0v) is 16.2. The van der Waals surface area contributed by atoms with E-state index in [1.165, 1.54) is 18.2 Å². The molecular weight excluding hydrogens is 382 g/mol. The van der Waals surface area contributed by atoms with Gasteiger partial charge in [0, 0.05) is 31.2 Å². The summed E-state index contributed by atoms with van der Waals surface area (Å²) in [5.74, 6) is 0.148. The van der Waals surface area contributed by atoms with Gasteiger partial charge in [0.2, 0.25) is 0 Å². The second-order valence-electron chi connectivity index (χ2n) is 7.40. The number of hydrogen-bond acceptors (Lipinski definition) is 7. The normalized spacial score (nSPS) is 16.9.